The van der Waals surface area contributed by atoms with Crippen LogP contribution in [0.3, 0.4) is 0 Å². The van der Waals surface area contributed by atoms with E-state index in [4.69, 9.17) is 9.47 Å². The number of esters is 2. The molecule has 3 unspecified atom stereocenters. The number of ether oxygens (including phenoxy) is 2. The normalized spacial score (nSPS) is 21.3. The summed E-state index contributed by atoms with van der Waals surface area (Å²) in [4.78, 5) is 37.2. The van der Waals surface area contributed by atoms with Crippen LogP contribution in [-0.2, 0) is 19.1 Å². The highest BCUT2D eigenvalue weighted by molar-refractivity contribution is 6.00. The van der Waals surface area contributed by atoms with Gasteiger partial charge in [0, 0.05) is 29.4 Å². The summed E-state index contributed by atoms with van der Waals surface area (Å²) >= 11 is 0. The number of allylic oxidation sites excluding steroid dienone is 2. The molecular formula is C27H28N2O6. The lowest BCUT2D eigenvalue weighted by molar-refractivity contribution is -0.384. The van der Waals surface area contributed by atoms with Crippen molar-refractivity contribution < 1.29 is 24.0 Å². The summed E-state index contributed by atoms with van der Waals surface area (Å²) in [7, 11) is 0. The molecule has 0 spiro atoms. The largest absolute Gasteiger partial charge is 0.463 e. The monoisotopic (exact) mass is 476 g/mol. The number of hydrogen-bond acceptors (Lipinski definition) is 7. The molecule has 182 valence electrons. The molecule has 8 heteroatoms. The predicted octanol–water partition coefficient (Wildman–Crippen LogP) is 4.74. The van der Waals surface area contributed by atoms with E-state index in [9.17, 15) is 19.7 Å². The van der Waals surface area contributed by atoms with E-state index in [0.29, 0.717) is 22.4 Å². The number of carbonyl (C=O) groups excluding carboxylic acids is 2. The van der Waals surface area contributed by atoms with Crippen LogP contribution in [0.5, 0.6) is 0 Å². The van der Waals surface area contributed by atoms with Crippen molar-refractivity contribution in [3.8, 4) is 0 Å². The minimum atomic E-state index is -0.776. The highest BCUT2D eigenvalue weighted by atomic mass is 16.6. The number of benzene rings is 2. The predicted molar refractivity (Wildman–Crippen MR) is 129 cm³/mol. The molecule has 0 bridgehead atoms. The lowest BCUT2D eigenvalue weighted by Gasteiger charge is -2.32. The molecule has 1 fully saturated rings. The van der Waals surface area contributed by atoms with E-state index in [1.54, 1.807) is 32.9 Å². The third-order valence-corrected chi connectivity index (χ3v) is 6.41. The van der Waals surface area contributed by atoms with Crippen LogP contribution in [0, 0.1) is 16.0 Å². The lowest BCUT2D eigenvalue weighted by Crippen LogP contribution is -2.34. The Labute approximate surface area is 203 Å². The van der Waals surface area contributed by atoms with Gasteiger partial charge in [0.2, 0.25) is 0 Å². The van der Waals surface area contributed by atoms with Crippen LogP contribution in [0.15, 0.2) is 77.1 Å². The Bertz CT molecular complexity index is 1200. The molecule has 1 saturated carbocycles. The highest BCUT2D eigenvalue weighted by Crippen LogP contribution is 2.54. The standard InChI is InChI=1S/C27H28N2O6/c1-4-34-26(30)22-16(3)28-25(21-15-20(21)17-9-7-6-8-10-17)24(27(31)35-5-2)23(22)18-11-13-19(14-12-18)29(32)33/h6-14,20-21,23,28H,4-5,15H2,1-3H3. The SMILES string of the molecule is CCOC(=O)C1=C(C)NC(C2CC2c2ccccc2)=C(C(=O)OCC)C1c1ccc([N+](=O)[O-])cc1. The van der Waals surface area contributed by atoms with Crippen LogP contribution in [0.2, 0.25) is 0 Å². The van der Waals surface area contributed by atoms with E-state index in [0.717, 1.165) is 12.1 Å². The molecule has 8 nitrogen and oxygen atoms in total. The molecule has 2 aliphatic rings. The second-order valence-electron chi connectivity index (χ2n) is 8.57. The Kier molecular flexibility index (Phi) is 7.00. The Balaban J connectivity index is 1.85. The number of carbonyl (C=O) groups is 2. The van der Waals surface area contributed by atoms with Gasteiger partial charge in [0.15, 0.2) is 0 Å². The fraction of sp³-hybridized carbons (Fsp3) is 0.333. The van der Waals surface area contributed by atoms with Gasteiger partial charge in [0.05, 0.1) is 35.2 Å². The van der Waals surface area contributed by atoms with Gasteiger partial charge in [-0.2, -0.15) is 0 Å². The van der Waals surface area contributed by atoms with Crippen LogP contribution in [0.4, 0.5) is 5.69 Å². The van der Waals surface area contributed by atoms with Gasteiger partial charge in [-0.3, -0.25) is 10.1 Å². The third kappa shape index (κ3) is 4.82. The number of nitrogens with zero attached hydrogens (tertiary/aromatic N) is 1. The third-order valence-electron chi connectivity index (χ3n) is 6.41. The quantitative estimate of drug-likeness (QED) is 0.333. The first-order valence-electron chi connectivity index (χ1n) is 11.7. The highest BCUT2D eigenvalue weighted by Gasteiger charge is 2.48. The Morgan fingerprint density at radius 3 is 2.09 bits per heavy atom. The minimum absolute atomic E-state index is 0.0519. The second-order valence-corrected chi connectivity index (χ2v) is 8.57. The fourth-order valence-electron chi connectivity index (χ4n) is 4.77. The zero-order valence-corrected chi connectivity index (χ0v) is 19.9. The Morgan fingerprint density at radius 2 is 1.51 bits per heavy atom. The molecule has 1 N–H and O–H groups in total. The van der Waals surface area contributed by atoms with Crippen molar-refractivity contribution in [1.82, 2.24) is 5.32 Å². The van der Waals surface area contributed by atoms with Crippen LogP contribution >= 0.6 is 0 Å². The Morgan fingerprint density at radius 1 is 0.914 bits per heavy atom. The van der Waals surface area contributed by atoms with E-state index >= 15 is 0 Å². The summed E-state index contributed by atoms with van der Waals surface area (Å²) in [6.07, 6.45) is 0.851. The molecule has 3 atom stereocenters. The summed E-state index contributed by atoms with van der Waals surface area (Å²) in [6.45, 7) is 5.57. The van der Waals surface area contributed by atoms with E-state index in [1.165, 1.54) is 17.7 Å². The molecule has 0 aromatic heterocycles. The van der Waals surface area contributed by atoms with Crippen molar-refractivity contribution in [3.05, 3.63) is 98.4 Å². The van der Waals surface area contributed by atoms with Crippen molar-refractivity contribution in [2.24, 2.45) is 5.92 Å². The van der Waals surface area contributed by atoms with Crippen molar-refractivity contribution >= 4 is 17.6 Å². The van der Waals surface area contributed by atoms with E-state index in [1.807, 2.05) is 18.2 Å². The summed E-state index contributed by atoms with van der Waals surface area (Å²) in [5.74, 6) is -1.56. The first kappa shape index (κ1) is 24.2. The number of rotatable bonds is 8. The number of nitro benzene ring substituents is 1. The summed E-state index contributed by atoms with van der Waals surface area (Å²) in [5, 5.41) is 14.5. The second kappa shape index (κ2) is 10.1. The summed E-state index contributed by atoms with van der Waals surface area (Å²) in [6, 6.07) is 16.0. The molecule has 2 aromatic carbocycles. The molecule has 0 radical (unpaired) electrons. The number of hydrogen-bond donors (Lipinski definition) is 1. The zero-order chi connectivity index (χ0) is 25.1. The first-order chi connectivity index (χ1) is 16.9. The molecule has 1 aliphatic heterocycles. The van der Waals surface area contributed by atoms with Gasteiger partial charge in [-0.1, -0.05) is 42.5 Å². The van der Waals surface area contributed by atoms with Crippen LogP contribution in [-0.4, -0.2) is 30.1 Å². The maximum Gasteiger partial charge on any atom is 0.336 e. The lowest BCUT2D eigenvalue weighted by atomic mass is 9.79. The van der Waals surface area contributed by atoms with Crippen LogP contribution in [0.1, 0.15) is 50.2 Å². The molecule has 2 aromatic rings. The Hall–Kier alpha value is -3.94. The number of nitrogens with one attached hydrogen (secondary N) is 1. The van der Waals surface area contributed by atoms with Crippen molar-refractivity contribution in [2.45, 2.75) is 39.0 Å². The molecular weight excluding hydrogens is 448 g/mol. The van der Waals surface area contributed by atoms with Gasteiger partial charge in [-0.15, -0.1) is 0 Å². The van der Waals surface area contributed by atoms with Gasteiger partial charge in [-0.05, 0) is 44.2 Å². The maximum atomic E-state index is 13.4. The van der Waals surface area contributed by atoms with Gasteiger partial charge < -0.3 is 14.8 Å². The van der Waals surface area contributed by atoms with Crippen molar-refractivity contribution in [3.63, 3.8) is 0 Å². The van der Waals surface area contributed by atoms with Gasteiger partial charge in [-0.25, -0.2) is 9.59 Å². The topological polar surface area (TPSA) is 108 Å². The molecule has 0 saturated heterocycles. The molecule has 1 aliphatic carbocycles. The minimum Gasteiger partial charge on any atom is -0.463 e. The molecule has 4 rings (SSSR count). The smallest absolute Gasteiger partial charge is 0.336 e. The molecule has 35 heavy (non-hydrogen) atoms. The van der Waals surface area contributed by atoms with Crippen molar-refractivity contribution in [2.75, 3.05) is 13.2 Å². The molecule has 1 heterocycles. The van der Waals surface area contributed by atoms with Gasteiger partial charge >= 0.3 is 11.9 Å². The number of dihydropyridines is 1. The van der Waals surface area contributed by atoms with Gasteiger partial charge in [0.1, 0.15) is 0 Å². The average molecular weight is 477 g/mol. The summed E-state index contributed by atoms with van der Waals surface area (Å²) < 4.78 is 10.8. The van der Waals surface area contributed by atoms with E-state index in [2.05, 4.69) is 17.4 Å². The zero-order valence-electron chi connectivity index (χ0n) is 19.9. The van der Waals surface area contributed by atoms with Gasteiger partial charge in [0.25, 0.3) is 5.69 Å². The van der Waals surface area contributed by atoms with E-state index in [-0.39, 0.29) is 30.7 Å². The van der Waals surface area contributed by atoms with E-state index < -0.39 is 22.8 Å². The summed E-state index contributed by atoms with van der Waals surface area (Å²) in [5.41, 5.74) is 3.65. The van der Waals surface area contributed by atoms with Crippen molar-refractivity contribution in [1.29, 1.82) is 0 Å². The fourth-order valence-corrected chi connectivity index (χ4v) is 4.77. The average Bonchev–Trinajstić information content (AvgIpc) is 3.65. The molecule has 0 amide bonds. The van der Waals surface area contributed by atoms with Crippen LogP contribution in [0.25, 0.3) is 0 Å². The maximum absolute atomic E-state index is 13.4. The number of nitro groups is 1. The van der Waals surface area contributed by atoms with Crippen LogP contribution < -0.4 is 5.32 Å². The first-order valence-corrected chi connectivity index (χ1v) is 11.7. The number of non-ortho nitro benzene ring substituents is 1.